The third-order valence-electron chi connectivity index (χ3n) is 3.90. The van der Waals surface area contributed by atoms with Gasteiger partial charge in [-0.05, 0) is 55.2 Å². The van der Waals surface area contributed by atoms with Gasteiger partial charge in [-0.15, -0.1) is 0 Å². The summed E-state index contributed by atoms with van der Waals surface area (Å²) in [5.41, 5.74) is 8.26. The van der Waals surface area contributed by atoms with Crippen LogP contribution in [0.3, 0.4) is 0 Å². The fourth-order valence-electron chi connectivity index (χ4n) is 2.91. The summed E-state index contributed by atoms with van der Waals surface area (Å²) < 4.78 is 14.1. The minimum Gasteiger partial charge on any atom is -0.399 e. The van der Waals surface area contributed by atoms with E-state index in [9.17, 15) is 9.50 Å². The SMILES string of the molecule is Cc1ccc(F)c(C2(O)CCc3cc(N)ccc32)c1. The average molecular weight is 257 g/mol. The molecule has 0 aliphatic heterocycles. The Bertz CT molecular complexity index is 653. The van der Waals surface area contributed by atoms with Crippen molar-refractivity contribution in [2.24, 2.45) is 0 Å². The van der Waals surface area contributed by atoms with Crippen molar-refractivity contribution >= 4 is 5.69 Å². The van der Waals surface area contributed by atoms with Gasteiger partial charge in [0.2, 0.25) is 0 Å². The van der Waals surface area contributed by atoms with E-state index in [0.29, 0.717) is 24.1 Å². The molecule has 1 aliphatic carbocycles. The molecule has 0 amide bonds. The summed E-state index contributed by atoms with van der Waals surface area (Å²) in [4.78, 5) is 0. The van der Waals surface area contributed by atoms with E-state index in [-0.39, 0.29) is 5.82 Å². The summed E-state index contributed by atoms with van der Waals surface area (Å²) in [7, 11) is 0. The van der Waals surface area contributed by atoms with Crippen molar-refractivity contribution in [3.8, 4) is 0 Å². The van der Waals surface area contributed by atoms with Crippen molar-refractivity contribution in [1.29, 1.82) is 0 Å². The van der Waals surface area contributed by atoms with Crippen LogP contribution >= 0.6 is 0 Å². The number of nitrogens with two attached hydrogens (primary N) is 1. The van der Waals surface area contributed by atoms with Gasteiger partial charge in [0.15, 0.2) is 0 Å². The van der Waals surface area contributed by atoms with Crippen molar-refractivity contribution in [2.75, 3.05) is 5.73 Å². The quantitative estimate of drug-likeness (QED) is 0.772. The van der Waals surface area contributed by atoms with Gasteiger partial charge in [0.25, 0.3) is 0 Å². The molecule has 1 unspecified atom stereocenters. The summed E-state index contributed by atoms with van der Waals surface area (Å²) in [6, 6.07) is 10.3. The van der Waals surface area contributed by atoms with Crippen LogP contribution in [-0.4, -0.2) is 5.11 Å². The Morgan fingerprint density at radius 1 is 1.16 bits per heavy atom. The van der Waals surface area contributed by atoms with Gasteiger partial charge in [-0.1, -0.05) is 17.7 Å². The molecule has 3 heteroatoms. The molecule has 0 aromatic heterocycles. The Hall–Kier alpha value is -1.87. The molecule has 1 atom stereocenters. The molecule has 1 aliphatic rings. The maximum atomic E-state index is 14.1. The first-order valence-electron chi connectivity index (χ1n) is 6.38. The van der Waals surface area contributed by atoms with Gasteiger partial charge in [-0.2, -0.15) is 0 Å². The summed E-state index contributed by atoms with van der Waals surface area (Å²) in [5, 5.41) is 10.9. The van der Waals surface area contributed by atoms with Crippen LogP contribution in [0.15, 0.2) is 36.4 Å². The minimum atomic E-state index is -1.24. The Kier molecular flexibility index (Phi) is 2.61. The number of aliphatic hydroxyl groups is 1. The fraction of sp³-hybridized carbons (Fsp3) is 0.250. The van der Waals surface area contributed by atoms with Crippen LogP contribution < -0.4 is 5.73 Å². The number of fused-ring (bicyclic) bond motifs is 1. The van der Waals surface area contributed by atoms with Crippen molar-refractivity contribution in [1.82, 2.24) is 0 Å². The molecule has 2 nitrogen and oxygen atoms in total. The molecule has 19 heavy (non-hydrogen) atoms. The number of hydrogen-bond donors (Lipinski definition) is 2. The average Bonchev–Trinajstić information content (AvgIpc) is 2.70. The number of hydrogen-bond acceptors (Lipinski definition) is 2. The predicted octanol–water partition coefficient (Wildman–Crippen LogP) is 2.90. The highest BCUT2D eigenvalue weighted by Crippen LogP contribution is 2.43. The van der Waals surface area contributed by atoms with Gasteiger partial charge in [-0.3, -0.25) is 0 Å². The van der Waals surface area contributed by atoms with Crippen LogP contribution in [0, 0.1) is 12.7 Å². The largest absolute Gasteiger partial charge is 0.399 e. The van der Waals surface area contributed by atoms with Gasteiger partial charge in [-0.25, -0.2) is 4.39 Å². The summed E-state index contributed by atoms with van der Waals surface area (Å²) >= 11 is 0. The molecule has 0 bridgehead atoms. The third-order valence-corrected chi connectivity index (χ3v) is 3.90. The van der Waals surface area contributed by atoms with E-state index >= 15 is 0 Å². The van der Waals surface area contributed by atoms with E-state index in [2.05, 4.69) is 0 Å². The highest BCUT2D eigenvalue weighted by molar-refractivity contribution is 5.52. The van der Waals surface area contributed by atoms with Gasteiger partial charge in [0.1, 0.15) is 11.4 Å². The second-order valence-electron chi connectivity index (χ2n) is 5.26. The molecular formula is C16H16FNO. The van der Waals surface area contributed by atoms with Gasteiger partial charge >= 0.3 is 0 Å². The second kappa shape index (κ2) is 4.07. The monoisotopic (exact) mass is 257 g/mol. The lowest BCUT2D eigenvalue weighted by atomic mass is 9.86. The molecule has 0 heterocycles. The Labute approximate surface area is 111 Å². The maximum Gasteiger partial charge on any atom is 0.129 e. The lowest BCUT2D eigenvalue weighted by Crippen LogP contribution is -2.25. The molecule has 3 rings (SSSR count). The standard InChI is InChI=1S/C16H16FNO/c1-10-2-5-15(17)14(8-10)16(19)7-6-11-9-12(18)3-4-13(11)16/h2-5,8-9,19H,6-7,18H2,1H3. The summed E-state index contributed by atoms with van der Waals surface area (Å²) in [6.07, 6.45) is 1.20. The topological polar surface area (TPSA) is 46.2 Å². The highest BCUT2D eigenvalue weighted by Gasteiger charge is 2.40. The van der Waals surface area contributed by atoms with Crippen LogP contribution in [0.2, 0.25) is 0 Å². The zero-order valence-corrected chi connectivity index (χ0v) is 10.8. The van der Waals surface area contributed by atoms with Gasteiger partial charge in [0, 0.05) is 11.3 Å². The number of nitrogen functional groups attached to an aromatic ring is 1. The van der Waals surface area contributed by atoms with Crippen LogP contribution in [0.4, 0.5) is 10.1 Å². The van der Waals surface area contributed by atoms with Gasteiger partial charge < -0.3 is 10.8 Å². The highest BCUT2D eigenvalue weighted by atomic mass is 19.1. The molecular weight excluding hydrogens is 241 g/mol. The molecule has 0 radical (unpaired) electrons. The number of halogens is 1. The normalized spacial score (nSPS) is 21.4. The molecule has 98 valence electrons. The Morgan fingerprint density at radius 3 is 2.74 bits per heavy atom. The number of rotatable bonds is 1. The Balaban J connectivity index is 2.19. The molecule has 0 saturated carbocycles. The Morgan fingerprint density at radius 2 is 1.95 bits per heavy atom. The third kappa shape index (κ3) is 1.81. The first kappa shape index (κ1) is 12.2. The molecule has 2 aromatic carbocycles. The van der Waals surface area contributed by atoms with E-state index in [0.717, 1.165) is 16.7 Å². The lowest BCUT2D eigenvalue weighted by molar-refractivity contribution is 0.0788. The van der Waals surface area contributed by atoms with Crippen molar-refractivity contribution in [2.45, 2.75) is 25.4 Å². The summed E-state index contributed by atoms with van der Waals surface area (Å²) in [6.45, 7) is 1.89. The van der Waals surface area contributed by atoms with Gasteiger partial charge in [0.05, 0.1) is 0 Å². The second-order valence-corrected chi connectivity index (χ2v) is 5.26. The van der Waals surface area contributed by atoms with E-state index in [4.69, 9.17) is 5.73 Å². The van der Waals surface area contributed by atoms with Crippen LogP contribution in [0.5, 0.6) is 0 Å². The predicted molar refractivity (Wildman–Crippen MR) is 73.3 cm³/mol. The lowest BCUT2D eigenvalue weighted by Gasteiger charge is -2.25. The minimum absolute atomic E-state index is 0.357. The molecule has 0 spiro atoms. The van der Waals surface area contributed by atoms with Crippen molar-refractivity contribution in [3.05, 3.63) is 64.5 Å². The number of benzene rings is 2. The summed E-state index contributed by atoms with van der Waals surface area (Å²) in [5.74, 6) is -0.363. The maximum absolute atomic E-state index is 14.1. The number of aryl methyl sites for hydroxylation is 2. The van der Waals surface area contributed by atoms with Crippen molar-refractivity contribution < 1.29 is 9.50 Å². The number of anilines is 1. The van der Waals surface area contributed by atoms with Crippen LogP contribution in [0.25, 0.3) is 0 Å². The fourth-order valence-corrected chi connectivity index (χ4v) is 2.91. The molecule has 2 aromatic rings. The van der Waals surface area contributed by atoms with E-state index in [1.54, 1.807) is 24.3 Å². The van der Waals surface area contributed by atoms with E-state index in [1.165, 1.54) is 6.07 Å². The zero-order valence-electron chi connectivity index (χ0n) is 10.8. The zero-order chi connectivity index (χ0) is 13.6. The first-order chi connectivity index (χ1) is 9.00. The molecule has 0 saturated heterocycles. The van der Waals surface area contributed by atoms with Crippen LogP contribution in [-0.2, 0) is 12.0 Å². The molecule has 3 N–H and O–H groups in total. The van der Waals surface area contributed by atoms with E-state index in [1.807, 2.05) is 13.0 Å². The molecule has 0 fully saturated rings. The van der Waals surface area contributed by atoms with Crippen molar-refractivity contribution in [3.63, 3.8) is 0 Å². The first-order valence-corrected chi connectivity index (χ1v) is 6.38. The van der Waals surface area contributed by atoms with E-state index < -0.39 is 5.60 Å². The van der Waals surface area contributed by atoms with Crippen LogP contribution in [0.1, 0.15) is 28.7 Å². The smallest absolute Gasteiger partial charge is 0.129 e.